The molecule has 6 heteroatoms. The molecule has 1 aliphatic heterocycles. The van der Waals surface area contributed by atoms with Crippen molar-refractivity contribution in [3.63, 3.8) is 0 Å². The van der Waals surface area contributed by atoms with Crippen LogP contribution in [0.15, 0.2) is 28.8 Å². The third kappa shape index (κ3) is 3.59. The smallest absolute Gasteiger partial charge is 0.253 e. The van der Waals surface area contributed by atoms with Gasteiger partial charge in [-0.2, -0.15) is 4.98 Å². The first kappa shape index (κ1) is 15.7. The fraction of sp³-hybridized carbons (Fsp3) is 0.471. The van der Waals surface area contributed by atoms with Gasteiger partial charge in [0.05, 0.1) is 0 Å². The van der Waals surface area contributed by atoms with E-state index >= 15 is 0 Å². The van der Waals surface area contributed by atoms with Crippen LogP contribution in [0.3, 0.4) is 0 Å². The molecule has 2 aromatic rings. The summed E-state index contributed by atoms with van der Waals surface area (Å²) in [4.78, 5) is 18.9. The van der Waals surface area contributed by atoms with Gasteiger partial charge in [0.2, 0.25) is 0 Å². The highest BCUT2D eigenvalue weighted by Crippen LogP contribution is 2.26. The molecule has 0 N–H and O–H groups in total. The number of aromatic nitrogens is 2. The second kappa shape index (κ2) is 6.91. The second-order valence-corrected chi connectivity index (χ2v) is 5.94. The maximum Gasteiger partial charge on any atom is 0.253 e. The summed E-state index contributed by atoms with van der Waals surface area (Å²) in [6.07, 6.45) is 1.90. The minimum absolute atomic E-state index is 0.0651. The molecule has 0 aliphatic carbocycles. The van der Waals surface area contributed by atoms with Gasteiger partial charge in [0.15, 0.2) is 5.82 Å². The number of carbonyl (C=O) groups excluding carboxylic acids is 1. The molecule has 1 aromatic heterocycles. The summed E-state index contributed by atoms with van der Waals surface area (Å²) in [5, 5.41) is 4.03. The number of aryl methyl sites for hydroxylation is 1. The molecule has 0 saturated carbocycles. The first-order valence-corrected chi connectivity index (χ1v) is 7.84. The van der Waals surface area contributed by atoms with E-state index in [1.54, 1.807) is 7.11 Å². The van der Waals surface area contributed by atoms with Crippen molar-refractivity contribution in [2.45, 2.75) is 32.3 Å². The third-order valence-electron chi connectivity index (χ3n) is 4.12. The van der Waals surface area contributed by atoms with Gasteiger partial charge in [-0.05, 0) is 31.9 Å². The molecule has 0 spiro atoms. The van der Waals surface area contributed by atoms with Gasteiger partial charge in [-0.15, -0.1) is 0 Å². The van der Waals surface area contributed by atoms with Gasteiger partial charge in [0.25, 0.3) is 11.8 Å². The van der Waals surface area contributed by atoms with Crippen LogP contribution in [0.25, 0.3) is 0 Å². The van der Waals surface area contributed by atoms with Crippen molar-refractivity contribution < 1.29 is 14.1 Å². The van der Waals surface area contributed by atoms with Gasteiger partial charge in [-0.1, -0.05) is 22.9 Å². The first-order valence-electron chi connectivity index (χ1n) is 7.84. The van der Waals surface area contributed by atoms with Crippen LogP contribution in [0.4, 0.5) is 0 Å². The maximum absolute atomic E-state index is 12.6. The predicted octanol–water partition coefficient (Wildman–Crippen LogP) is 2.54. The number of amides is 1. The Labute approximate surface area is 135 Å². The fourth-order valence-electron chi connectivity index (χ4n) is 2.87. The monoisotopic (exact) mass is 315 g/mol. The van der Waals surface area contributed by atoms with Crippen molar-refractivity contribution in [1.82, 2.24) is 15.0 Å². The summed E-state index contributed by atoms with van der Waals surface area (Å²) in [7, 11) is 1.59. The topological polar surface area (TPSA) is 68.5 Å². The standard InChI is InChI=1S/C17H21N3O3/c1-12-5-7-13(8-6-12)17(21)20-9-3-4-14(10-20)16-18-15(11-22-2)23-19-16/h5-8,14H,3-4,9-11H2,1-2H3. The molecular weight excluding hydrogens is 294 g/mol. The number of nitrogens with zero attached hydrogens (tertiary/aromatic N) is 3. The van der Waals surface area contributed by atoms with Crippen LogP contribution in [0, 0.1) is 6.92 Å². The SMILES string of the molecule is COCc1nc(C2CCCN(C(=O)c3ccc(C)cc3)C2)no1. The molecule has 1 aliphatic rings. The van der Waals surface area contributed by atoms with Crippen molar-refractivity contribution in [1.29, 1.82) is 0 Å². The molecule has 1 unspecified atom stereocenters. The molecular formula is C17H21N3O3. The highest BCUT2D eigenvalue weighted by atomic mass is 16.5. The first-order chi connectivity index (χ1) is 11.2. The van der Waals surface area contributed by atoms with Crippen LogP contribution in [-0.2, 0) is 11.3 Å². The molecule has 23 heavy (non-hydrogen) atoms. The molecule has 2 heterocycles. The Balaban J connectivity index is 1.69. The zero-order valence-electron chi connectivity index (χ0n) is 13.5. The Kier molecular flexibility index (Phi) is 4.71. The summed E-state index contributed by atoms with van der Waals surface area (Å²) in [6.45, 7) is 3.72. The summed E-state index contributed by atoms with van der Waals surface area (Å²) in [5.41, 5.74) is 1.87. The second-order valence-electron chi connectivity index (χ2n) is 5.94. The minimum atomic E-state index is 0.0651. The molecule has 1 amide bonds. The zero-order valence-corrected chi connectivity index (χ0v) is 13.5. The number of methoxy groups -OCH3 is 1. The minimum Gasteiger partial charge on any atom is -0.375 e. The van der Waals surface area contributed by atoms with Crippen LogP contribution in [0.5, 0.6) is 0 Å². The van der Waals surface area contributed by atoms with E-state index in [4.69, 9.17) is 9.26 Å². The Hall–Kier alpha value is -2.21. The van der Waals surface area contributed by atoms with E-state index in [0.29, 0.717) is 24.9 Å². The average Bonchev–Trinajstić information content (AvgIpc) is 3.04. The molecule has 6 nitrogen and oxygen atoms in total. The van der Waals surface area contributed by atoms with Gasteiger partial charge in [-0.25, -0.2) is 0 Å². The fourth-order valence-corrected chi connectivity index (χ4v) is 2.87. The van der Waals surface area contributed by atoms with Crippen molar-refractivity contribution in [3.05, 3.63) is 47.1 Å². The van der Waals surface area contributed by atoms with Gasteiger partial charge >= 0.3 is 0 Å². The number of benzene rings is 1. The molecule has 0 bridgehead atoms. The Morgan fingerprint density at radius 1 is 1.39 bits per heavy atom. The molecule has 122 valence electrons. The Morgan fingerprint density at radius 3 is 2.91 bits per heavy atom. The molecule has 1 saturated heterocycles. The van der Waals surface area contributed by atoms with Crippen LogP contribution in [-0.4, -0.2) is 41.1 Å². The van der Waals surface area contributed by atoms with Crippen molar-refractivity contribution >= 4 is 5.91 Å². The van der Waals surface area contributed by atoms with Crippen LogP contribution < -0.4 is 0 Å². The predicted molar refractivity (Wildman–Crippen MR) is 84.1 cm³/mol. The highest BCUT2D eigenvalue weighted by Gasteiger charge is 2.28. The summed E-state index contributed by atoms with van der Waals surface area (Å²) < 4.78 is 10.2. The summed E-state index contributed by atoms with van der Waals surface area (Å²) >= 11 is 0. The number of piperidine rings is 1. The highest BCUT2D eigenvalue weighted by molar-refractivity contribution is 5.94. The van der Waals surface area contributed by atoms with E-state index in [1.165, 1.54) is 0 Å². The average molecular weight is 315 g/mol. The van der Waals surface area contributed by atoms with Crippen molar-refractivity contribution in [2.24, 2.45) is 0 Å². The number of rotatable bonds is 4. The van der Waals surface area contributed by atoms with Crippen molar-refractivity contribution in [2.75, 3.05) is 20.2 Å². The summed E-state index contributed by atoms with van der Waals surface area (Å²) in [5.74, 6) is 1.32. The van der Waals surface area contributed by atoms with E-state index < -0.39 is 0 Å². The molecule has 0 radical (unpaired) electrons. The van der Waals surface area contributed by atoms with Gasteiger partial charge in [-0.3, -0.25) is 4.79 Å². The van der Waals surface area contributed by atoms with Gasteiger partial charge < -0.3 is 14.2 Å². The number of likely N-dealkylation sites (tertiary alicyclic amines) is 1. The van der Waals surface area contributed by atoms with Crippen LogP contribution in [0.1, 0.15) is 46.4 Å². The van der Waals surface area contributed by atoms with E-state index in [0.717, 1.165) is 30.5 Å². The summed E-state index contributed by atoms with van der Waals surface area (Å²) in [6, 6.07) is 7.69. The molecule has 1 atom stereocenters. The van der Waals surface area contributed by atoms with Gasteiger partial charge in [0, 0.05) is 31.7 Å². The lowest BCUT2D eigenvalue weighted by atomic mass is 9.96. The van der Waals surface area contributed by atoms with E-state index in [-0.39, 0.29) is 11.8 Å². The van der Waals surface area contributed by atoms with E-state index in [1.807, 2.05) is 36.1 Å². The van der Waals surface area contributed by atoms with Gasteiger partial charge in [0.1, 0.15) is 6.61 Å². The van der Waals surface area contributed by atoms with E-state index in [2.05, 4.69) is 10.1 Å². The number of hydrogen-bond acceptors (Lipinski definition) is 5. The van der Waals surface area contributed by atoms with E-state index in [9.17, 15) is 4.79 Å². The van der Waals surface area contributed by atoms with Crippen LogP contribution in [0.2, 0.25) is 0 Å². The number of hydrogen-bond donors (Lipinski definition) is 0. The Morgan fingerprint density at radius 2 is 2.17 bits per heavy atom. The maximum atomic E-state index is 12.6. The molecule has 1 fully saturated rings. The quantitative estimate of drug-likeness (QED) is 0.867. The normalized spacial score (nSPS) is 18.2. The number of ether oxygens (including phenoxy) is 1. The zero-order chi connectivity index (χ0) is 16.2. The Bertz CT molecular complexity index is 666. The number of carbonyl (C=O) groups is 1. The van der Waals surface area contributed by atoms with Crippen LogP contribution >= 0.6 is 0 Å². The largest absolute Gasteiger partial charge is 0.375 e. The lowest BCUT2D eigenvalue weighted by molar-refractivity contribution is 0.0703. The molecule has 3 rings (SSSR count). The van der Waals surface area contributed by atoms with Crippen molar-refractivity contribution in [3.8, 4) is 0 Å². The third-order valence-corrected chi connectivity index (χ3v) is 4.12. The molecule has 1 aromatic carbocycles. The lowest BCUT2D eigenvalue weighted by Gasteiger charge is -2.31. The lowest BCUT2D eigenvalue weighted by Crippen LogP contribution is -2.39.